The molecule has 0 heterocycles. The summed E-state index contributed by atoms with van der Waals surface area (Å²) in [6.45, 7) is 6.28. The molecule has 0 N–H and O–H groups in total. The van der Waals surface area contributed by atoms with Crippen LogP contribution in [0.1, 0.15) is 207 Å². The Morgan fingerprint density at radius 1 is 0.344 bits per heavy atom. The Balaban J connectivity index is 4.53. The average Bonchev–Trinajstić information content (AvgIpc) is 3.29. The monoisotopic (exact) mass is 885 g/mol. The Morgan fingerprint density at radius 3 is 1.17 bits per heavy atom. The van der Waals surface area contributed by atoms with Crippen molar-refractivity contribution in [3.63, 3.8) is 0 Å². The molecule has 0 bridgehead atoms. The topological polar surface area (TPSA) is 78.9 Å². The summed E-state index contributed by atoms with van der Waals surface area (Å²) in [5.74, 6) is -0.983. The van der Waals surface area contributed by atoms with Gasteiger partial charge in [-0.25, -0.2) is 0 Å². The molecule has 6 heteroatoms. The molecule has 1 atom stereocenters. The van der Waals surface area contributed by atoms with Gasteiger partial charge in [-0.15, -0.1) is 0 Å². The van der Waals surface area contributed by atoms with Gasteiger partial charge in [-0.1, -0.05) is 213 Å². The molecule has 6 nitrogen and oxygen atoms in total. The van der Waals surface area contributed by atoms with Crippen molar-refractivity contribution in [2.45, 2.75) is 213 Å². The molecule has 0 radical (unpaired) electrons. The van der Waals surface area contributed by atoms with Gasteiger partial charge in [0.05, 0.1) is 0 Å². The minimum absolute atomic E-state index is 0.110. The van der Waals surface area contributed by atoms with Crippen LogP contribution in [0.5, 0.6) is 0 Å². The highest BCUT2D eigenvalue weighted by Gasteiger charge is 2.19. The first kappa shape index (κ1) is 59.8. The summed E-state index contributed by atoms with van der Waals surface area (Å²) in [5.41, 5.74) is 0. The summed E-state index contributed by atoms with van der Waals surface area (Å²) in [5, 5.41) is 0. The van der Waals surface area contributed by atoms with Crippen molar-refractivity contribution in [3.8, 4) is 0 Å². The van der Waals surface area contributed by atoms with E-state index in [4.69, 9.17) is 14.2 Å². The van der Waals surface area contributed by atoms with Crippen molar-refractivity contribution < 1.29 is 28.6 Å². The van der Waals surface area contributed by atoms with E-state index in [0.29, 0.717) is 19.3 Å². The molecular formula is C58H92O6. The molecule has 0 amide bonds. The number of esters is 3. The standard InChI is InChI=1S/C58H92O6/c1-4-7-10-13-16-19-22-25-28-31-33-36-39-42-45-48-51-57(60)63-54-55(64-58(61)52-49-46-43-40-37-34-30-27-24-21-18-15-12-9-6-3)53-62-56(59)50-47-44-41-38-35-32-29-26-23-20-17-14-11-8-5-2/h7,9-10,12,15-21,23-28,30,34,37,55H,4-6,8,11,13-14,22,29,31-33,35-36,38-54H2,1-3H3/b10-7-,12-9-,18-15-,19-16-,20-17-,24-21-,26-23-,28-25-,30-27-,37-34-. The molecule has 0 saturated heterocycles. The molecular weight excluding hydrogens is 793 g/mol. The first-order valence-corrected chi connectivity index (χ1v) is 25.6. The third-order valence-corrected chi connectivity index (χ3v) is 10.3. The van der Waals surface area contributed by atoms with Gasteiger partial charge in [0.1, 0.15) is 13.2 Å². The van der Waals surface area contributed by atoms with Crippen LogP contribution in [0.3, 0.4) is 0 Å². The number of unbranched alkanes of at least 4 members (excludes halogenated alkanes) is 18. The number of carbonyl (C=O) groups is 3. The number of hydrogen-bond acceptors (Lipinski definition) is 6. The van der Waals surface area contributed by atoms with Crippen molar-refractivity contribution in [1.82, 2.24) is 0 Å². The molecule has 0 aliphatic heterocycles. The maximum atomic E-state index is 12.8. The lowest BCUT2D eigenvalue weighted by Gasteiger charge is -2.18. The first-order chi connectivity index (χ1) is 31.5. The van der Waals surface area contributed by atoms with E-state index < -0.39 is 6.10 Å². The predicted octanol–water partition coefficient (Wildman–Crippen LogP) is 16.9. The highest BCUT2D eigenvalue weighted by Crippen LogP contribution is 2.13. The Morgan fingerprint density at radius 2 is 0.688 bits per heavy atom. The Labute approximate surface area is 392 Å². The van der Waals surface area contributed by atoms with Crippen LogP contribution >= 0.6 is 0 Å². The molecule has 0 aromatic rings. The van der Waals surface area contributed by atoms with Gasteiger partial charge in [0, 0.05) is 19.3 Å². The van der Waals surface area contributed by atoms with Gasteiger partial charge in [0.25, 0.3) is 0 Å². The van der Waals surface area contributed by atoms with E-state index in [1.807, 2.05) is 48.6 Å². The van der Waals surface area contributed by atoms with Gasteiger partial charge in [0.2, 0.25) is 0 Å². The fraction of sp³-hybridized carbons (Fsp3) is 0.603. The molecule has 0 aliphatic rings. The largest absolute Gasteiger partial charge is 0.462 e. The van der Waals surface area contributed by atoms with E-state index >= 15 is 0 Å². The second-order valence-corrected chi connectivity index (χ2v) is 16.5. The lowest BCUT2D eigenvalue weighted by Crippen LogP contribution is -2.30. The summed E-state index contributed by atoms with van der Waals surface area (Å²) in [6, 6.07) is 0. The van der Waals surface area contributed by atoms with Crippen LogP contribution in [0, 0.1) is 0 Å². The lowest BCUT2D eigenvalue weighted by atomic mass is 10.1. The van der Waals surface area contributed by atoms with Crippen LogP contribution in [-0.4, -0.2) is 37.2 Å². The van der Waals surface area contributed by atoms with Gasteiger partial charge >= 0.3 is 17.9 Å². The maximum absolute atomic E-state index is 12.8. The van der Waals surface area contributed by atoms with Crippen LogP contribution in [0.2, 0.25) is 0 Å². The number of carbonyl (C=O) groups excluding carboxylic acids is 3. The van der Waals surface area contributed by atoms with Gasteiger partial charge in [0.15, 0.2) is 6.10 Å². The Kier molecular flexibility index (Phi) is 48.1. The smallest absolute Gasteiger partial charge is 0.306 e. The molecule has 1 unspecified atom stereocenters. The van der Waals surface area contributed by atoms with Crippen LogP contribution in [0.25, 0.3) is 0 Å². The molecule has 360 valence electrons. The number of rotatable bonds is 44. The zero-order chi connectivity index (χ0) is 46.5. The van der Waals surface area contributed by atoms with Gasteiger partial charge in [-0.2, -0.15) is 0 Å². The molecule has 0 saturated carbocycles. The normalized spacial score (nSPS) is 13.1. The second-order valence-electron chi connectivity index (χ2n) is 16.5. The van der Waals surface area contributed by atoms with Crippen LogP contribution in [0.4, 0.5) is 0 Å². The van der Waals surface area contributed by atoms with E-state index in [-0.39, 0.29) is 37.5 Å². The summed E-state index contributed by atoms with van der Waals surface area (Å²) in [7, 11) is 0. The summed E-state index contributed by atoms with van der Waals surface area (Å²) < 4.78 is 16.7. The van der Waals surface area contributed by atoms with E-state index in [9.17, 15) is 14.4 Å². The van der Waals surface area contributed by atoms with Crippen LogP contribution < -0.4 is 0 Å². The lowest BCUT2D eigenvalue weighted by molar-refractivity contribution is -0.167. The number of hydrogen-bond donors (Lipinski definition) is 0. The maximum Gasteiger partial charge on any atom is 0.306 e. The van der Waals surface area contributed by atoms with Crippen LogP contribution in [-0.2, 0) is 28.6 Å². The summed E-state index contributed by atoms with van der Waals surface area (Å²) >= 11 is 0. The third kappa shape index (κ3) is 48.8. The molecule has 0 fully saturated rings. The van der Waals surface area contributed by atoms with Gasteiger partial charge < -0.3 is 14.2 Å². The highest BCUT2D eigenvalue weighted by molar-refractivity contribution is 5.71. The molecule has 0 aromatic carbocycles. The van der Waals surface area contributed by atoms with Crippen molar-refractivity contribution >= 4 is 17.9 Å². The van der Waals surface area contributed by atoms with Gasteiger partial charge in [-0.05, 0) is 96.3 Å². The predicted molar refractivity (Wildman–Crippen MR) is 274 cm³/mol. The minimum Gasteiger partial charge on any atom is -0.462 e. The van der Waals surface area contributed by atoms with E-state index in [1.165, 1.54) is 51.4 Å². The first-order valence-electron chi connectivity index (χ1n) is 25.6. The minimum atomic E-state index is -0.814. The molecule has 64 heavy (non-hydrogen) atoms. The van der Waals surface area contributed by atoms with Crippen LogP contribution in [0.15, 0.2) is 122 Å². The molecule has 0 aliphatic carbocycles. The molecule has 0 aromatic heterocycles. The SMILES string of the molecule is CC\C=C/C=C\C=C/C=C\C=C/CCCCCC(=O)OC(COC(=O)CCCCCCCC/C=C\C=C/CCCCC)COC(=O)CCCCCCCC/C=C\C/C=C\C/C=C\CC. The highest BCUT2D eigenvalue weighted by atomic mass is 16.6. The quantitative estimate of drug-likeness (QED) is 0.0199. The van der Waals surface area contributed by atoms with E-state index in [1.54, 1.807) is 0 Å². The Bertz CT molecular complexity index is 1390. The average molecular weight is 885 g/mol. The molecule has 0 rings (SSSR count). The van der Waals surface area contributed by atoms with Crippen molar-refractivity contribution in [2.24, 2.45) is 0 Å². The summed E-state index contributed by atoms with van der Waals surface area (Å²) in [6.07, 6.45) is 70.3. The molecule has 0 spiro atoms. The zero-order valence-corrected chi connectivity index (χ0v) is 41.0. The number of allylic oxidation sites excluding steroid dienone is 20. The van der Waals surface area contributed by atoms with Crippen molar-refractivity contribution in [3.05, 3.63) is 122 Å². The van der Waals surface area contributed by atoms with E-state index in [0.717, 1.165) is 109 Å². The fourth-order valence-corrected chi connectivity index (χ4v) is 6.53. The number of ether oxygens (including phenoxy) is 3. The Hall–Kier alpha value is -4.19. The summed E-state index contributed by atoms with van der Waals surface area (Å²) in [4.78, 5) is 38.0. The third-order valence-electron chi connectivity index (χ3n) is 10.3. The zero-order valence-electron chi connectivity index (χ0n) is 41.0. The fourth-order valence-electron chi connectivity index (χ4n) is 6.53. The van der Waals surface area contributed by atoms with Gasteiger partial charge in [-0.3, -0.25) is 14.4 Å². The van der Waals surface area contributed by atoms with Crippen molar-refractivity contribution in [1.29, 1.82) is 0 Å². The van der Waals surface area contributed by atoms with Crippen molar-refractivity contribution in [2.75, 3.05) is 13.2 Å². The van der Waals surface area contributed by atoms with E-state index in [2.05, 4.69) is 93.7 Å². The second kappa shape index (κ2) is 51.4.